The molecule has 1 aromatic carbocycles. The van der Waals surface area contributed by atoms with E-state index in [4.69, 9.17) is 0 Å². The van der Waals surface area contributed by atoms with Gasteiger partial charge in [-0.05, 0) is 19.1 Å². The van der Waals surface area contributed by atoms with Gasteiger partial charge in [0.05, 0.1) is 0 Å². The first-order valence-electron chi connectivity index (χ1n) is 6.45. The van der Waals surface area contributed by atoms with Crippen LogP contribution in [0.25, 0.3) is 0 Å². The molecule has 4 heteroatoms. The van der Waals surface area contributed by atoms with Gasteiger partial charge in [0.15, 0.2) is 5.78 Å². The summed E-state index contributed by atoms with van der Waals surface area (Å²) in [5.74, 6) is 0.142. The highest BCUT2D eigenvalue weighted by Gasteiger charge is 2.34. The number of hydrogen-bond donors (Lipinski definition) is 0. The van der Waals surface area contributed by atoms with Crippen LogP contribution in [0.3, 0.4) is 0 Å². The van der Waals surface area contributed by atoms with Gasteiger partial charge in [-0.2, -0.15) is 0 Å². The minimum atomic E-state index is -1.44. The molecule has 0 N–H and O–H groups in total. The summed E-state index contributed by atoms with van der Waals surface area (Å²) < 4.78 is 2.63. The second-order valence-electron chi connectivity index (χ2n) is 6.78. The van der Waals surface area contributed by atoms with Gasteiger partial charge in [0.1, 0.15) is 16.5 Å². The van der Waals surface area contributed by atoms with Crippen LogP contribution in [0, 0.1) is 0 Å². The molecule has 2 nitrogen and oxygen atoms in total. The molecule has 0 atom stereocenters. The Balaban J connectivity index is 3.31. The summed E-state index contributed by atoms with van der Waals surface area (Å²) in [6.07, 6.45) is 0. The highest BCUT2D eigenvalue weighted by molar-refractivity contribution is 6.99. The minimum absolute atomic E-state index is 0.142. The predicted molar refractivity (Wildman–Crippen MR) is 85.6 cm³/mol. The van der Waals surface area contributed by atoms with Crippen molar-refractivity contribution in [2.45, 2.75) is 46.2 Å². The maximum absolute atomic E-state index is 11.5. The molecule has 0 amide bonds. The van der Waals surface area contributed by atoms with Crippen molar-refractivity contribution < 1.29 is 4.79 Å². The van der Waals surface area contributed by atoms with Gasteiger partial charge in [-0.15, -0.1) is 0 Å². The molecule has 1 rings (SSSR count). The van der Waals surface area contributed by atoms with Crippen molar-refractivity contribution in [2.24, 2.45) is 0 Å². The molecule has 0 fully saturated rings. The monoisotopic (exact) mass is 279 g/mol. The van der Waals surface area contributed by atoms with E-state index in [0.29, 0.717) is 0 Å². The first-order valence-corrected chi connectivity index (χ1v) is 13.3. The topological polar surface area (TPSA) is 20.3 Å². The van der Waals surface area contributed by atoms with E-state index in [2.05, 4.69) is 55.6 Å². The molecule has 0 aromatic heterocycles. The lowest BCUT2D eigenvalue weighted by Gasteiger charge is -2.46. The molecule has 18 heavy (non-hydrogen) atoms. The number of carbonyl (C=O) groups is 1. The average molecular weight is 280 g/mol. The summed E-state index contributed by atoms with van der Waals surface area (Å²) in [6.45, 7) is 15.8. The van der Waals surface area contributed by atoms with E-state index in [-0.39, 0.29) is 5.78 Å². The largest absolute Gasteiger partial charge is 0.425 e. The molecule has 0 unspecified atom stereocenters. The van der Waals surface area contributed by atoms with Gasteiger partial charge in [0, 0.05) is 11.3 Å². The van der Waals surface area contributed by atoms with Crippen LogP contribution < -0.4 is 4.23 Å². The van der Waals surface area contributed by atoms with Gasteiger partial charge >= 0.3 is 0 Å². The predicted octanol–water partition coefficient (Wildman–Crippen LogP) is 4.37. The van der Waals surface area contributed by atoms with Crippen LogP contribution in [0.2, 0.25) is 39.3 Å². The van der Waals surface area contributed by atoms with Crippen molar-refractivity contribution >= 4 is 27.9 Å². The molecule has 0 radical (unpaired) electrons. The first kappa shape index (κ1) is 15.2. The number of carbonyl (C=O) groups excluding carboxylic acids is 1. The number of ketones is 1. The number of hydrogen-bond acceptors (Lipinski definition) is 2. The zero-order valence-electron chi connectivity index (χ0n) is 12.7. The van der Waals surface area contributed by atoms with Gasteiger partial charge in [0.25, 0.3) is 0 Å². The summed E-state index contributed by atoms with van der Waals surface area (Å²) >= 11 is 0. The van der Waals surface area contributed by atoms with Crippen molar-refractivity contribution in [3.63, 3.8) is 0 Å². The molecular formula is C14H25NOSi2. The fourth-order valence-electron chi connectivity index (χ4n) is 2.64. The van der Waals surface area contributed by atoms with Crippen LogP contribution in [-0.4, -0.2) is 22.3 Å². The quantitative estimate of drug-likeness (QED) is 0.603. The maximum Gasteiger partial charge on any atom is 0.159 e. The highest BCUT2D eigenvalue weighted by Crippen LogP contribution is 2.28. The van der Waals surface area contributed by atoms with E-state index in [0.717, 1.165) is 5.56 Å². The summed E-state index contributed by atoms with van der Waals surface area (Å²) in [7, 11) is -2.87. The Morgan fingerprint density at radius 2 is 1.50 bits per heavy atom. The second kappa shape index (κ2) is 5.01. The fourth-order valence-corrected chi connectivity index (χ4v) is 12.5. The third-order valence-corrected chi connectivity index (χ3v) is 10.1. The lowest BCUT2D eigenvalue weighted by molar-refractivity contribution is 0.101. The fraction of sp³-hybridized carbons (Fsp3) is 0.500. The van der Waals surface area contributed by atoms with E-state index in [1.807, 2.05) is 12.1 Å². The van der Waals surface area contributed by atoms with Crippen molar-refractivity contribution in [2.75, 3.05) is 4.23 Å². The zero-order valence-corrected chi connectivity index (χ0v) is 14.7. The van der Waals surface area contributed by atoms with E-state index >= 15 is 0 Å². The van der Waals surface area contributed by atoms with Crippen LogP contribution in [0.4, 0.5) is 5.69 Å². The maximum atomic E-state index is 11.5. The van der Waals surface area contributed by atoms with Gasteiger partial charge in [-0.1, -0.05) is 51.4 Å². The molecule has 100 valence electrons. The van der Waals surface area contributed by atoms with Crippen molar-refractivity contribution in [1.29, 1.82) is 0 Å². The van der Waals surface area contributed by atoms with Crippen LogP contribution in [0.15, 0.2) is 24.3 Å². The van der Waals surface area contributed by atoms with Crippen molar-refractivity contribution in [1.82, 2.24) is 0 Å². The standard InChI is InChI=1S/C14H25NOSi2/c1-12(16)13-9-8-10-14(11-13)15(17(2,3)4)18(5,6)7/h8-11H,1-7H3. The van der Waals surface area contributed by atoms with Crippen LogP contribution >= 0.6 is 0 Å². The van der Waals surface area contributed by atoms with Crippen LogP contribution in [-0.2, 0) is 0 Å². The van der Waals surface area contributed by atoms with Gasteiger partial charge in [-0.3, -0.25) is 4.79 Å². The van der Waals surface area contributed by atoms with Gasteiger partial charge < -0.3 is 4.23 Å². The molecule has 0 spiro atoms. The zero-order chi connectivity index (χ0) is 14.1. The molecule has 0 aliphatic rings. The number of Topliss-reactive ketones (excluding diaryl/α,β-unsaturated/α-hetero) is 1. The molecule has 0 aliphatic heterocycles. The van der Waals surface area contributed by atoms with Crippen molar-refractivity contribution in [3.05, 3.63) is 29.8 Å². The lowest BCUT2D eigenvalue weighted by atomic mass is 10.1. The molecule has 0 saturated carbocycles. The molecule has 0 bridgehead atoms. The van der Waals surface area contributed by atoms with E-state index in [1.54, 1.807) is 6.92 Å². The molecule has 0 aliphatic carbocycles. The third-order valence-electron chi connectivity index (χ3n) is 2.85. The average Bonchev–Trinajstić information content (AvgIpc) is 2.13. The minimum Gasteiger partial charge on any atom is -0.425 e. The van der Waals surface area contributed by atoms with Crippen LogP contribution in [0.5, 0.6) is 0 Å². The number of nitrogens with zero attached hydrogens (tertiary/aromatic N) is 1. The highest BCUT2D eigenvalue weighted by atomic mass is 28.4. The van der Waals surface area contributed by atoms with E-state index < -0.39 is 16.5 Å². The Labute approximate surface area is 113 Å². The molecule has 1 aromatic rings. The summed E-state index contributed by atoms with van der Waals surface area (Å²) in [4.78, 5) is 11.5. The SMILES string of the molecule is CC(=O)c1cccc(N([Si](C)(C)C)[Si](C)(C)C)c1. The summed E-state index contributed by atoms with van der Waals surface area (Å²) in [5, 5.41) is 0. The number of benzene rings is 1. The van der Waals surface area contributed by atoms with Crippen LogP contribution in [0.1, 0.15) is 17.3 Å². The van der Waals surface area contributed by atoms with E-state index in [1.165, 1.54) is 5.69 Å². The first-order chi connectivity index (χ1) is 8.03. The number of rotatable bonds is 4. The molecule has 0 heterocycles. The Hall–Kier alpha value is -0.876. The lowest BCUT2D eigenvalue weighted by Crippen LogP contribution is -2.59. The molecule has 0 saturated heterocycles. The van der Waals surface area contributed by atoms with Crippen molar-refractivity contribution in [3.8, 4) is 0 Å². The normalized spacial score (nSPS) is 12.4. The third kappa shape index (κ3) is 3.56. The van der Waals surface area contributed by atoms with Gasteiger partial charge in [-0.25, -0.2) is 0 Å². The second-order valence-corrected chi connectivity index (χ2v) is 16.8. The Kier molecular flexibility index (Phi) is 4.23. The Bertz CT molecular complexity index is 430. The van der Waals surface area contributed by atoms with E-state index in [9.17, 15) is 4.79 Å². The Morgan fingerprint density at radius 1 is 1.00 bits per heavy atom. The number of anilines is 1. The smallest absolute Gasteiger partial charge is 0.159 e. The Morgan fingerprint density at radius 3 is 1.89 bits per heavy atom. The summed E-state index contributed by atoms with van der Waals surface area (Å²) in [5.41, 5.74) is 2.04. The molecular weight excluding hydrogens is 254 g/mol. The summed E-state index contributed by atoms with van der Waals surface area (Å²) in [6, 6.07) is 8.10. The van der Waals surface area contributed by atoms with Gasteiger partial charge in [0.2, 0.25) is 0 Å².